The van der Waals surface area contributed by atoms with E-state index in [1.165, 1.54) is 44.5 Å². The molecule has 1 aliphatic heterocycles. The Bertz CT molecular complexity index is 610. The molecule has 21 heavy (non-hydrogen) atoms. The number of nitrogens with one attached hydrogen (secondary N) is 1. The van der Waals surface area contributed by atoms with E-state index in [0.717, 1.165) is 29.1 Å². The molecule has 4 heteroatoms. The number of fused-ring (bicyclic) bond motifs is 1. The molecule has 3 nitrogen and oxygen atoms in total. The van der Waals surface area contributed by atoms with Crippen LogP contribution in [0.25, 0.3) is 10.9 Å². The highest BCUT2D eigenvalue weighted by Crippen LogP contribution is 2.25. The minimum atomic E-state index is 0.606. The third-order valence-electron chi connectivity index (χ3n) is 4.49. The molecule has 0 amide bonds. The number of halogens is 1. The number of hydrogen-bond acceptors (Lipinski definition) is 2. The predicted molar refractivity (Wildman–Crippen MR) is 88.7 cm³/mol. The maximum absolute atomic E-state index is 6.24. The molecule has 0 aromatic carbocycles. The van der Waals surface area contributed by atoms with Gasteiger partial charge in [0, 0.05) is 23.3 Å². The summed E-state index contributed by atoms with van der Waals surface area (Å²) in [6, 6.07) is 4.23. The molecule has 0 spiro atoms. The average molecular weight is 306 g/mol. The Balaban J connectivity index is 1.73. The summed E-state index contributed by atoms with van der Waals surface area (Å²) >= 11 is 6.24. The number of nitrogens with zero attached hydrogens (tertiary/aromatic N) is 2. The molecule has 1 saturated heterocycles. The van der Waals surface area contributed by atoms with Crippen LogP contribution in [0.5, 0.6) is 0 Å². The van der Waals surface area contributed by atoms with Crippen molar-refractivity contribution in [3.63, 3.8) is 0 Å². The van der Waals surface area contributed by atoms with E-state index >= 15 is 0 Å². The molecule has 2 aromatic heterocycles. The topological polar surface area (TPSA) is 31.9 Å². The van der Waals surface area contributed by atoms with Gasteiger partial charge in [0.25, 0.3) is 0 Å². The molecular formula is C17H24ClN3. The van der Waals surface area contributed by atoms with Gasteiger partial charge in [0.15, 0.2) is 0 Å². The lowest BCUT2D eigenvalue weighted by Crippen LogP contribution is -2.28. The molecule has 1 N–H and O–H groups in total. The van der Waals surface area contributed by atoms with Crippen LogP contribution in [0.1, 0.15) is 44.0 Å². The molecule has 2 aromatic rings. The van der Waals surface area contributed by atoms with Crippen LogP contribution in [0.4, 0.5) is 0 Å². The normalized spacial score (nSPS) is 18.8. The van der Waals surface area contributed by atoms with Gasteiger partial charge < -0.3 is 4.98 Å². The summed E-state index contributed by atoms with van der Waals surface area (Å²) in [7, 11) is 0. The first-order valence-corrected chi connectivity index (χ1v) is 8.36. The number of H-pyrrole nitrogens is 1. The zero-order valence-electron chi connectivity index (χ0n) is 13.0. The van der Waals surface area contributed by atoms with Gasteiger partial charge in [-0.05, 0) is 63.7 Å². The Morgan fingerprint density at radius 3 is 2.71 bits per heavy atom. The largest absolute Gasteiger partial charge is 0.357 e. The van der Waals surface area contributed by atoms with Crippen molar-refractivity contribution in [2.45, 2.75) is 46.1 Å². The highest BCUT2D eigenvalue weighted by atomic mass is 35.5. The zero-order valence-corrected chi connectivity index (χ0v) is 13.7. The Hall–Kier alpha value is -1.06. The fourth-order valence-electron chi connectivity index (χ4n) is 3.34. The molecule has 1 aliphatic rings. The third-order valence-corrected chi connectivity index (χ3v) is 4.78. The van der Waals surface area contributed by atoms with Crippen molar-refractivity contribution in [2.75, 3.05) is 13.1 Å². The standard InChI is InChI=1S/C17H24ClN3/c1-12-5-3-7-21(8-4-6-12)11-14-10-15-16(20-14)9-13(2)19-17(15)18/h9-10,12,20H,3-8,11H2,1-2H3. The van der Waals surface area contributed by atoms with Crippen LogP contribution in [0, 0.1) is 12.8 Å². The van der Waals surface area contributed by atoms with Gasteiger partial charge >= 0.3 is 0 Å². The second kappa shape index (κ2) is 6.37. The molecule has 1 fully saturated rings. The lowest BCUT2D eigenvalue weighted by Gasteiger charge is -2.26. The Morgan fingerprint density at radius 1 is 1.29 bits per heavy atom. The summed E-state index contributed by atoms with van der Waals surface area (Å²) in [5, 5.41) is 1.65. The van der Waals surface area contributed by atoms with Crippen molar-refractivity contribution in [1.82, 2.24) is 14.9 Å². The van der Waals surface area contributed by atoms with Crippen molar-refractivity contribution < 1.29 is 0 Å². The van der Waals surface area contributed by atoms with Crippen LogP contribution in [0.2, 0.25) is 5.15 Å². The van der Waals surface area contributed by atoms with Gasteiger partial charge in [-0.15, -0.1) is 0 Å². The minimum absolute atomic E-state index is 0.606. The molecule has 114 valence electrons. The smallest absolute Gasteiger partial charge is 0.138 e. The summed E-state index contributed by atoms with van der Waals surface area (Å²) < 4.78 is 0. The molecule has 0 aliphatic carbocycles. The van der Waals surface area contributed by atoms with Gasteiger partial charge in [0.05, 0.1) is 5.52 Å². The SMILES string of the molecule is Cc1cc2[nH]c(CN3CCCC(C)CCC3)cc2c(Cl)n1. The van der Waals surface area contributed by atoms with E-state index < -0.39 is 0 Å². The zero-order chi connectivity index (χ0) is 14.8. The van der Waals surface area contributed by atoms with Crippen LogP contribution in [-0.4, -0.2) is 28.0 Å². The molecule has 3 rings (SSSR count). The predicted octanol–water partition coefficient (Wildman–Crippen LogP) is 4.54. The van der Waals surface area contributed by atoms with Crippen molar-refractivity contribution in [3.05, 3.63) is 28.7 Å². The average Bonchev–Trinajstić information content (AvgIpc) is 2.78. The van der Waals surface area contributed by atoms with E-state index in [9.17, 15) is 0 Å². The Morgan fingerprint density at radius 2 is 2.00 bits per heavy atom. The molecule has 0 bridgehead atoms. The van der Waals surface area contributed by atoms with Gasteiger partial charge in [-0.2, -0.15) is 0 Å². The van der Waals surface area contributed by atoms with E-state index in [-0.39, 0.29) is 0 Å². The lowest BCUT2D eigenvalue weighted by atomic mass is 9.97. The van der Waals surface area contributed by atoms with Gasteiger partial charge in [-0.3, -0.25) is 4.90 Å². The molecule has 0 unspecified atom stereocenters. The number of hydrogen-bond donors (Lipinski definition) is 1. The van der Waals surface area contributed by atoms with Crippen molar-refractivity contribution >= 4 is 22.5 Å². The first kappa shape index (κ1) is 14.9. The second-order valence-corrected chi connectivity index (χ2v) is 6.83. The maximum Gasteiger partial charge on any atom is 0.138 e. The number of aryl methyl sites for hydroxylation is 1. The molecule has 0 saturated carbocycles. The van der Waals surface area contributed by atoms with Gasteiger partial charge in [0.2, 0.25) is 0 Å². The monoisotopic (exact) mass is 305 g/mol. The van der Waals surface area contributed by atoms with E-state index in [2.05, 4.69) is 33.9 Å². The number of likely N-dealkylation sites (tertiary alicyclic amines) is 1. The molecular weight excluding hydrogens is 282 g/mol. The minimum Gasteiger partial charge on any atom is -0.357 e. The summed E-state index contributed by atoms with van der Waals surface area (Å²) in [5.74, 6) is 0.896. The fraction of sp³-hybridized carbons (Fsp3) is 0.588. The molecule has 3 heterocycles. The van der Waals surface area contributed by atoms with Gasteiger partial charge in [-0.1, -0.05) is 18.5 Å². The molecule has 0 atom stereocenters. The number of aromatic nitrogens is 2. The highest BCUT2D eigenvalue weighted by Gasteiger charge is 2.14. The van der Waals surface area contributed by atoms with Crippen LogP contribution >= 0.6 is 11.6 Å². The lowest BCUT2D eigenvalue weighted by molar-refractivity contribution is 0.220. The summed E-state index contributed by atoms with van der Waals surface area (Å²) in [4.78, 5) is 10.4. The summed E-state index contributed by atoms with van der Waals surface area (Å²) in [5.41, 5.74) is 3.30. The number of aromatic amines is 1. The Labute approximate surface area is 131 Å². The first-order chi connectivity index (χ1) is 10.1. The van der Waals surface area contributed by atoms with Crippen LogP contribution in [-0.2, 0) is 6.54 Å². The molecule has 0 radical (unpaired) electrons. The van der Waals surface area contributed by atoms with Crippen molar-refractivity contribution in [1.29, 1.82) is 0 Å². The maximum atomic E-state index is 6.24. The van der Waals surface area contributed by atoms with Crippen molar-refractivity contribution in [3.8, 4) is 0 Å². The Kier molecular flexibility index (Phi) is 4.51. The highest BCUT2D eigenvalue weighted by molar-refractivity contribution is 6.34. The van der Waals surface area contributed by atoms with E-state index in [1.54, 1.807) is 0 Å². The first-order valence-electron chi connectivity index (χ1n) is 7.99. The quantitative estimate of drug-likeness (QED) is 0.826. The van der Waals surface area contributed by atoms with Gasteiger partial charge in [-0.25, -0.2) is 4.98 Å². The van der Waals surface area contributed by atoms with Crippen molar-refractivity contribution in [2.24, 2.45) is 5.92 Å². The number of rotatable bonds is 2. The van der Waals surface area contributed by atoms with Gasteiger partial charge in [0.1, 0.15) is 5.15 Å². The summed E-state index contributed by atoms with van der Waals surface area (Å²) in [6.07, 6.45) is 5.34. The fourth-order valence-corrected chi connectivity index (χ4v) is 3.63. The third kappa shape index (κ3) is 3.58. The van der Waals surface area contributed by atoms with Crippen LogP contribution < -0.4 is 0 Å². The van der Waals surface area contributed by atoms with E-state index in [4.69, 9.17) is 11.6 Å². The van der Waals surface area contributed by atoms with Crippen LogP contribution in [0.3, 0.4) is 0 Å². The van der Waals surface area contributed by atoms with E-state index in [1.807, 2.05) is 6.92 Å². The second-order valence-electron chi connectivity index (χ2n) is 6.48. The number of pyridine rings is 1. The van der Waals surface area contributed by atoms with Crippen LogP contribution in [0.15, 0.2) is 12.1 Å². The summed E-state index contributed by atoms with van der Waals surface area (Å²) in [6.45, 7) is 7.74. The van der Waals surface area contributed by atoms with E-state index in [0.29, 0.717) is 5.15 Å².